The first-order valence-corrected chi connectivity index (χ1v) is 5.09. The molecule has 2 N–H and O–H groups in total. The van der Waals surface area contributed by atoms with Crippen molar-refractivity contribution in [2.24, 2.45) is 0 Å². The van der Waals surface area contributed by atoms with Gasteiger partial charge in [0.05, 0.1) is 12.7 Å². The second-order valence-corrected chi connectivity index (χ2v) is 3.71. The molecule has 0 bridgehead atoms. The first-order chi connectivity index (χ1) is 8.11. The highest BCUT2D eigenvalue weighted by Gasteiger charge is 2.10. The monoisotopic (exact) mass is 232 g/mol. The quantitative estimate of drug-likeness (QED) is 0.812. The Balaban J connectivity index is 2.75. The number of aromatic nitrogens is 2. The van der Waals surface area contributed by atoms with Gasteiger partial charge in [0, 0.05) is 11.6 Å². The number of rotatable bonds is 2. The highest BCUT2D eigenvalue weighted by molar-refractivity contribution is 5.70. The molecule has 0 radical (unpaired) electrons. The zero-order valence-electron chi connectivity index (χ0n) is 9.53. The Kier molecular flexibility index (Phi) is 2.82. The standard InChI is InChI=1S/C12H12N2O3/c1-7-3-4-10(17-2)8(5-7)9-6-11(15)13-14-12(9)16/h3-6H,1-2H3,(H,13,15)(H,14,16). The molecule has 88 valence electrons. The molecule has 0 atom stereocenters. The van der Waals surface area contributed by atoms with Gasteiger partial charge in [-0.3, -0.25) is 19.8 Å². The highest BCUT2D eigenvalue weighted by atomic mass is 16.5. The second kappa shape index (κ2) is 4.29. The lowest BCUT2D eigenvalue weighted by Crippen LogP contribution is -2.19. The van der Waals surface area contributed by atoms with Crippen molar-refractivity contribution < 1.29 is 4.74 Å². The Morgan fingerprint density at radius 3 is 2.53 bits per heavy atom. The summed E-state index contributed by atoms with van der Waals surface area (Å²) in [5, 5.41) is 4.52. The number of benzene rings is 1. The number of hydrogen-bond acceptors (Lipinski definition) is 3. The van der Waals surface area contributed by atoms with Gasteiger partial charge in [-0.15, -0.1) is 0 Å². The smallest absolute Gasteiger partial charge is 0.270 e. The molecule has 0 aliphatic heterocycles. The van der Waals surface area contributed by atoms with Gasteiger partial charge < -0.3 is 4.74 Å². The molecule has 17 heavy (non-hydrogen) atoms. The first kappa shape index (κ1) is 11.2. The van der Waals surface area contributed by atoms with Crippen LogP contribution < -0.4 is 15.9 Å². The average molecular weight is 232 g/mol. The normalized spacial score (nSPS) is 10.2. The topological polar surface area (TPSA) is 75.0 Å². The van der Waals surface area contributed by atoms with E-state index in [0.717, 1.165) is 5.56 Å². The van der Waals surface area contributed by atoms with Crippen LogP contribution in [0.4, 0.5) is 0 Å². The van der Waals surface area contributed by atoms with Crippen molar-refractivity contribution in [3.05, 3.63) is 50.5 Å². The maximum absolute atomic E-state index is 11.7. The lowest BCUT2D eigenvalue weighted by Gasteiger charge is -2.08. The molecule has 1 aromatic carbocycles. The molecule has 1 heterocycles. The fraction of sp³-hybridized carbons (Fsp3) is 0.167. The summed E-state index contributed by atoms with van der Waals surface area (Å²) in [5.41, 5.74) is 1.19. The lowest BCUT2D eigenvalue weighted by molar-refractivity contribution is 0.416. The average Bonchev–Trinajstić information content (AvgIpc) is 2.32. The van der Waals surface area contributed by atoms with Crippen molar-refractivity contribution in [1.82, 2.24) is 10.2 Å². The predicted molar refractivity (Wildman–Crippen MR) is 64.4 cm³/mol. The van der Waals surface area contributed by atoms with Crippen molar-refractivity contribution in [2.45, 2.75) is 6.92 Å². The molecule has 0 aliphatic carbocycles. The Labute approximate surface area is 97.1 Å². The number of aryl methyl sites for hydroxylation is 1. The second-order valence-electron chi connectivity index (χ2n) is 3.71. The Morgan fingerprint density at radius 2 is 1.82 bits per heavy atom. The molecule has 0 spiro atoms. The Morgan fingerprint density at radius 1 is 1.06 bits per heavy atom. The summed E-state index contributed by atoms with van der Waals surface area (Å²) in [5.74, 6) is 0.562. The van der Waals surface area contributed by atoms with E-state index in [0.29, 0.717) is 16.9 Å². The fourth-order valence-electron chi connectivity index (χ4n) is 1.65. The fourth-order valence-corrected chi connectivity index (χ4v) is 1.65. The van der Waals surface area contributed by atoms with Gasteiger partial charge in [-0.25, -0.2) is 0 Å². The van der Waals surface area contributed by atoms with Crippen molar-refractivity contribution in [3.8, 4) is 16.9 Å². The van der Waals surface area contributed by atoms with Crippen molar-refractivity contribution in [1.29, 1.82) is 0 Å². The zero-order chi connectivity index (χ0) is 12.4. The summed E-state index contributed by atoms with van der Waals surface area (Å²) in [4.78, 5) is 22.9. The number of nitrogens with one attached hydrogen (secondary N) is 2. The van der Waals surface area contributed by atoms with Gasteiger partial charge in [0.2, 0.25) is 0 Å². The number of hydrogen-bond donors (Lipinski definition) is 2. The van der Waals surface area contributed by atoms with Crippen LogP contribution in [0, 0.1) is 6.92 Å². The van der Waals surface area contributed by atoms with Crippen LogP contribution in [0.2, 0.25) is 0 Å². The van der Waals surface area contributed by atoms with Crippen LogP contribution in [0.1, 0.15) is 5.56 Å². The highest BCUT2D eigenvalue weighted by Crippen LogP contribution is 2.27. The van der Waals surface area contributed by atoms with Crippen LogP contribution in [-0.2, 0) is 0 Å². The van der Waals surface area contributed by atoms with E-state index in [2.05, 4.69) is 10.2 Å². The molecule has 2 rings (SSSR count). The van der Waals surface area contributed by atoms with E-state index in [-0.39, 0.29) is 11.1 Å². The Hall–Kier alpha value is -2.30. The van der Waals surface area contributed by atoms with E-state index in [1.54, 1.807) is 6.07 Å². The number of aromatic amines is 2. The summed E-state index contributed by atoms with van der Waals surface area (Å²) >= 11 is 0. The SMILES string of the molecule is COc1ccc(C)cc1-c1cc(=O)[nH][nH]c1=O. The van der Waals surface area contributed by atoms with Gasteiger partial charge in [-0.2, -0.15) is 0 Å². The molecule has 0 saturated heterocycles. The van der Waals surface area contributed by atoms with E-state index in [9.17, 15) is 9.59 Å². The molecule has 0 saturated carbocycles. The molecule has 5 nitrogen and oxygen atoms in total. The molecule has 0 amide bonds. The third-order valence-electron chi connectivity index (χ3n) is 2.46. The van der Waals surface area contributed by atoms with E-state index in [1.165, 1.54) is 13.2 Å². The summed E-state index contributed by atoms with van der Waals surface area (Å²) < 4.78 is 5.18. The van der Waals surface area contributed by atoms with Crippen molar-refractivity contribution >= 4 is 0 Å². The van der Waals surface area contributed by atoms with Crippen LogP contribution in [0.5, 0.6) is 5.75 Å². The third-order valence-corrected chi connectivity index (χ3v) is 2.46. The molecular weight excluding hydrogens is 220 g/mol. The molecular formula is C12H12N2O3. The molecule has 5 heteroatoms. The van der Waals surface area contributed by atoms with E-state index in [4.69, 9.17) is 4.74 Å². The van der Waals surface area contributed by atoms with Gasteiger partial charge in [0.1, 0.15) is 5.75 Å². The number of ether oxygens (including phenoxy) is 1. The van der Waals surface area contributed by atoms with Crippen LogP contribution in [0.3, 0.4) is 0 Å². The first-order valence-electron chi connectivity index (χ1n) is 5.09. The molecule has 0 unspecified atom stereocenters. The molecule has 0 aliphatic rings. The van der Waals surface area contributed by atoms with Gasteiger partial charge >= 0.3 is 0 Å². The summed E-state index contributed by atoms with van der Waals surface area (Å²) in [6, 6.07) is 6.72. The molecule has 1 aromatic heterocycles. The summed E-state index contributed by atoms with van der Waals surface area (Å²) in [6.07, 6.45) is 0. The third kappa shape index (κ3) is 2.13. The summed E-state index contributed by atoms with van der Waals surface area (Å²) in [6.45, 7) is 1.91. The predicted octanol–water partition coefficient (Wildman–Crippen LogP) is 1.05. The van der Waals surface area contributed by atoms with Crippen LogP contribution >= 0.6 is 0 Å². The largest absolute Gasteiger partial charge is 0.496 e. The number of H-pyrrole nitrogens is 2. The van der Waals surface area contributed by atoms with Gasteiger partial charge in [0.15, 0.2) is 0 Å². The van der Waals surface area contributed by atoms with Gasteiger partial charge in [-0.05, 0) is 19.1 Å². The van der Waals surface area contributed by atoms with Gasteiger partial charge in [-0.1, -0.05) is 11.6 Å². The minimum Gasteiger partial charge on any atom is -0.496 e. The lowest BCUT2D eigenvalue weighted by atomic mass is 10.0. The van der Waals surface area contributed by atoms with Crippen LogP contribution in [0.15, 0.2) is 33.9 Å². The van der Waals surface area contributed by atoms with E-state index in [1.807, 2.05) is 19.1 Å². The number of methoxy groups -OCH3 is 1. The van der Waals surface area contributed by atoms with Gasteiger partial charge in [0.25, 0.3) is 11.1 Å². The summed E-state index contributed by atoms with van der Waals surface area (Å²) in [7, 11) is 1.52. The maximum atomic E-state index is 11.7. The zero-order valence-corrected chi connectivity index (χ0v) is 9.53. The Bertz CT molecular complexity index is 655. The van der Waals surface area contributed by atoms with Crippen LogP contribution in [-0.4, -0.2) is 17.3 Å². The van der Waals surface area contributed by atoms with Crippen molar-refractivity contribution in [2.75, 3.05) is 7.11 Å². The minimum absolute atomic E-state index is 0.300. The van der Waals surface area contributed by atoms with Crippen molar-refractivity contribution in [3.63, 3.8) is 0 Å². The minimum atomic E-state index is -0.358. The van der Waals surface area contributed by atoms with E-state index >= 15 is 0 Å². The molecule has 0 fully saturated rings. The maximum Gasteiger partial charge on any atom is 0.270 e. The van der Waals surface area contributed by atoms with E-state index < -0.39 is 0 Å². The van der Waals surface area contributed by atoms with Crippen LogP contribution in [0.25, 0.3) is 11.1 Å². The molecule has 2 aromatic rings.